The van der Waals surface area contributed by atoms with Crippen LogP contribution in [0.2, 0.25) is 0 Å². The molecule has 0 amide bonds. The second kappa shape index (κ2) is 6.08. The molecule has 0 saturated heterocycles. The van der Waals surface area contributed by atoms with Crippen LogP contribution in [-0.2, 0) is 39.3 Å². The van der Waals surface area contributed by atoms with Crippen molar-refractivity contribution in [3.63, 3.8) is 0 Å². The Bertz CT molecular complexity index is 154. The first-order valence-corrected chi connectivity index (χ1v) is 4.38. The summed E-state index contributed by atoms with van der Waals surface area (Å²) in [5, 5.41) is 0. The van der Waals surface area contributed by atoms with Gasteiger partial charge in [0.15, 0.2) is 0 Å². The van der Waals surface area contributed by atoms with Crippen molar-refractivity contribution >= 4 is 25.5 Å². The average Bonchev–Trinajstić information content (AvgIpc) is 1.14. The van der Waals surface area contributed by atoms with Crippen LogP contribution in [0.15, 0.2) is 0 Å². The molecule has 0 N–H and O–H groups in total. The molecule has 0 aromatic heterocycles. The van der Waals surface area contributed by atoms with Crippen LogP contribution in [0.3, 0.4) is 0 Å². The molecular formula is H3HfO7P3. The summed E-state index contributed by atoms with van der Waals surface area (Å²) in [7, 11) is -11.4. The summed E-state index contributed by atoms with van der Waals surface area (Å²) in [5.41, 5.74) is 0. The molecule has 0 rings (SSSR count). The zero-order valence-corrected chi connectivity index (χ0v) is 11.8. The Hall–Kier alpha value is 1.56. The molecule has 0 radical (unpaired) electrons. The second-order valence-electron chi connectivity index (χ2n) is 0.976. The molecule has 0 aromatic carbocycles. The first-order valence-electron chi connectivity index (χ1n) is 1.46. The molecule has 0 heterocycles. The van der Waals surface area contributed by atoms with Crippen molar-refractivity contribution in [2.45, 2.75) is 0 Å². The van der Waals surface area contributed by atoms with Crippen LogP contribution in [-0.4, -0.2) is 0 Å². The maximum atomic E-state index is 9.32. The van der Waals surface area contributed by atoms with Crippen molar-refractivity contribution < 1.29 is 58.9 Å². The van der Waals surface area contributed by atoms with E-state index in [4.69, 9.17) is 0 Å². The van der Waals surface area contributed by atoms with E-state index in [1.807, 2.05) is 0 Å². The molecule has 0 aliphatic carbocycles. The van der Waals surface area contributed by atoms with Crippen LogP contribution in [0.5, 0.6) is 0 Å². The first kappa shape index (κ1) is 18.4. The Morgan fingerprint density at radius 2 is 1.09 bits per heavy atom. The van der Waals surface area contributed by atoms with E-state index >= 15 is 0 Å². The summed E-state index contributed by atoms with van der Waals surface area (Å²) in [6, 6.07) is 0. The van der Waals surface area contributed by atoms with Crippen LogP contribution in [0.1, 0.15) is 0 Å². The van der Waals surface area contributed by atoms with Crippen molar-refractivity contribution in [3.05, 3.63) is 0 Å². The average molecular weight is 386 g/mol. The molecule has 11 heavy (non-hydrogen) atoms. The van der Waals surface area contributed by atoms with Gasteiger partial charge in [-0.05, 0) is 0 Å². The maximum Gasteiger partial charge on any atom is 4.00 e. The van der Waals surface area contributed by atoms with Crippen molar-refractivity contribution in [1.82, 2.24) is 0 Å². The smallest absolute Gasteiger partial charge is 0.790 e. The van der Waals surface area contributed by atoms with Crippen molar-refractivity contribution in [2.75, 3.05) is 0 Å². The topological polar surface area (TPSA) is 136 Å². The molecule has 0 saturated carbocycles. The van der Waals surface area contributed by atoms with Gasteiger partial charge in [0.2, 0.25) is 0 Å². The van der Waals surface area contributed by atoms with E-state index in [1.54, 1.807) is 0 Å². The van der Waals surface area contributed by atoms with Gasteiger partial charge in [0, 0.05) is 0 Å². The van der Waals surface area contributed by atoms with Gasteiger partial charge in [0.05, 0.1) is 15.6 Å². The summed E-state index contributed by atoms with van der Waals surface area (Å²) < 4.78 is 21.2. The minimum absolute atomic E-state index is 0. The fraction of sp³-hybridized carbons (Fsp3) is 0. The molecule has 0 spiro atoms. The molecule has 0 aliphatic heterocycles. The van der Waals surface area contributed by atoms with E-state index in [0.717, 1.165) is 0 Å². The van der Waals surface area contributed by atoms with E-state index in [0.29, 0.717) is 0 Å². The van der Waals surface area contributed by atoms with Gasteiger partial charge < -0.3 is 33.0 Å². The first-order chi connectivity index (χ1) is 3.71. The van der Waals surface area contributed by atoms with Crippen LogP contribution in [0, 0.1) is 0 Å². The Balaban J connectivity index is -0.000000320. The summed E-state index contributed by atoms with van der Waals surface area (Å²) in [4.78, 5) is 37.3. The molecule has 7 nitrogen and oxygen atoms in total. The van der Waals surface area contributed by atoms with E-state index in [2.05, 4.69) is 4.31 Å². The van der Waals surface area contributed by atoms with Crippen LogP contribution in [0.4, 0.5) is 0 Å². The monoisotopic (exact) mass is 388 g/mol. The van der Waals surface area contributed by atoms with E-state index in [9.17, 15) is 28.7 Å². The van der Waals surface area contributed by atoms with Gasteiger partial charge in [-0.2, -0.15) is 9.90 Å². The Morgan fingerprint density at radius 1 is 0.909 bits per heavy atom. The third-order valence-corrected chi connectivity index (χ3v) is 1.80. The molecule has 0 bridgehead atoms. The minimum Gasteiger partial charge on any atom is -0.790 e. The van der Waals surface area contributed by atoms with Crippen LogP contribution in [0.25, 0.3) is 0 Å². The van der Waals surface area contributed by atoms with Crippen LogP contribution >= 0.6 is 25.5 Å². The zero-order chi connectivity index (χ0) is 7.71. The molecule has 1 unspecified atom stereocenters. The molecule has 0 aromatic rings. The van der Waals surface area contributed by atoms with Crippen molar-refractivity contribution in [3.8, 4) is 0 Å². The number of phosphoric acid groups is 2. The molecular weight excluding hydrogens is 383 g/mol. The number of hydrogen-bond donors (Lipinski definition) is 0. The van der Waals surface area contributed by atoms with Gasteiger partial charge in [0.1, 0.15) is 0 Å². The van der Waals surface area contributed by atoms with E-state index in [-0.39, 0.29) is 35.7 Å². The standard InChI is InChI=1S/Hf.H4O7P2.H3P/c;1-8(2,3)7-9(4,5)6;/h;(H2,1,2,3)(H2,4,5,6);1H3/q+4;;/p-4. The summed E-state index contributed by atoms with van der Waals surface area (Å²) in [6.45, 7) is 0. The Morgan fingerprint density at radius 3 is 1.09 bits per heavy atom. The summed E-state index contributed by atoms with van der Waals surface area (Å²) in [5.74, 6) is 0. The summed E-state index contributed by atoms with van der Waals surface area (Å²) >= 11 is 0. The molecule has 0 aliphatic rings. The van der Waals surface area contributed by atoms with Gasteiger partial charge >= 0.3 is 25.8 Å². The van der Waals surface area contributed by atoms with Gasteiger partial charge in [-0.15, -0.1) is 0 Å². The maximum absolute atomic E-state index is 9.32. The van der Waals surface area contributed by atoms with E-state index < -0.39 is 15.6 Å². The molecule has 0 fully saturated rings. The second-order valence-corrected chi connectivity index (χ2v) is 3.42. The third kappa shape index (κ3) is 18.5. The molecule has 1 atom stereocenters. The minimum atomic E-state index is -5.68. The predicted molar refractivity (Wildman–Crippen MR) is 27.4 cm³/mol. The van der Waals surface area contributed by atoms with Gasteiger partial charge in [-0.1, -0.05) is 0 Å². The quantitative estimate of drug-likeness (QED) is 0.358. The van der Waals surface area contributed by atoms with Gasteiger partial charge in [-0.25, -0.2) is 0 Å². The Labute approximate surface area is 84.4 Å². The van der Waals surface area contributed by atoms with Crippen molar-refractivity contribution in [2.24, 2.45) is 0 Å². The normalized spacial score (nSPS) is 11.3. The Kier molecular flexibility index (Phi) is 10.2. The summed E-state index contributed by atoms with van der Waals surface area (Å²) in [6.07, 6.45) is 0. The van der Waals surface area contributed by atoms with Gasteiger partial charge in [-0.3, -0.25) is 0 Å². The molecule has 64 valence electrons. The van der Waals surface area contributed by atoms with Crippen LogP contribution < -0.4 is 19.6 Å². The van der Waals surface area contributed by atoms with E-state index in [1.165, 1.54) is 0 Å². The molecule has 11 heteroatoms. The predicted octanol–water partition coefficient (Wildman–Crippen LogP) is -3.28. The number of hydrogen-bond acceptors (Lipinski definition) is 7. The third-order valence-electron chi connectivity index (χ3n) is 0.200. The number of rotatable bonds is 2. The van der Waals surface area contributed by atoms with Gasteiger partial charge in [0.25, 0.3) is 0 Å². The fourth-order valence-electron chi connectivity index (χ4n) is 0.122. The largest absolute Gasteiger partial charge is 4.00 e. The SMILES string of the molecule is O=P([O-])([O-])OP(=O)([O-])[O-].P.[Hf+4]. The zero-order valence-electron chi connectivity index (χ0n) is 4.96. The fourth-order valence-corrected chi connectivity index (χ4v) is 1.10. The van der Waals surface area contributed by atoms with Crippen molar-refractivity contribution in [1.29, 1.82) is 0 Å².